The maximum absolute atomic E-state index is 12.6. The van der Waals surface area contributed by atoms with Gasteiger partial charge in [0.25, 0.3) is 0 Å². The molecule has 0 aliphatic carbocycles. The first-order chi connectivity index (χ1) is 21.3. The van der Waals surface area contributed by atoms with Crippen molar-refractivity contribution in [1.29, 1.82) is 0 Å². The maximum atomic E-state index is 12.6. The Balaban J connectivity index is 1.53. The Morgan fingerprint density at radius 2 is 1.50 bits per heavy atom. The molecule has 3 heterocycles. The van der Waals surface area contributed by atoms with Crippen molar-refractivity contribution in [3.8, 4) is 23.0 Å². The van der Waals surface area contributed by atoms with Gasteiger partial charge in [-0.15, -0.1) is 0 Å². The number of fused-ring (bicyclic) bond motifs is 1. The second-order valence-corrected chi connectivity index (χ2v) is 10.1. The first kappa shape index (κ1) is 30.2. The maximum Gasteiger partial charge on any atom is 0.324 e. The van der Waals surface area contributed by atoms with Gasteiger partial charge in [-0.05, 0) is 41.8 Å². The number of rotatable bonds is 11. The number of halogens is 1. The SMILES string of the molecule is COc1ccc(CN(Cc2ccc(OC)cc2OC)c2nc(Cl)cc3cc(NC(=O)Nc4cnn(C)c4)ncc23)c(OC)c1. The molecule has 0 aliphatic rings. The van der Waals surface area contributed by atoms with Gasteiger partial charge in [-0.2, -0.15) is 5.10 Å². The van der Waals surface area contributed by atoms with Crippen molar-refractivity contribution in [1.82, 2.24) is 19.7 Å². The lowest BCUT2D eigenvalue weighted by Gasteiger charge is -2.27. The molecule has 5 rings (SSSR count). The van der Waals surface area contributed by atoms with Crippen LogP contribution in [0.25, 0.3) is 10.8 Å². The van der Waals surface area contributed by atoms with Crippen LogP contribution in [0.4, 0.5) is 22.1 Å². The van der Waals surface area contributed by atoms with Crippen LogP contribution in [-0.4, -0.2) is 54.2 Å². The minimum absolute atomic E-state index is 0.276. The van der Waals surface area contributed by atoms with E-state index in [1.807, 2.05) is 36.4 Å². The van der Waals surface area contributed by atoms with Crippen LogP contribution in [0.5, 0.6) is 23.0 Å². The standard InChI is InChI=1S/C31H32ClN7O5/c1-38-18-22(14-34-38)35-31(40)37-29-11-21-10-28(32)36-30(25(21)15-33-29)39(16-19-6-8-23(41-2)12-26(19)43-4)17-20-7-9-24(42-3)13-27(20)44-5/h6-15,18H,16-17H2,1-5H3,(H2,33,35,37,40). The zero-order valence-electron chi connectivity index (χ0n) is 24.9. The van der Waals surface area contributed by atoms with Crippen LogP contribution in [0.3, 0.4) is 0 Å². The predicted octanol–water partition coefficient (Wildman–Crippen LogP) is 5.90. The van der Waals surface area contributed by atoms with Gasteiger partial charge in [-0.1, -0.05) is 11.6 Å². The van der Waals surface area contributed by atoms with Gasteiger partial charge < -0.3 is 29.2 Å². The molecule has 0 radical (unpaired) electrons. The van der Waals surface area contributed by atoms with E-state index in [9.17, 15) is 4.79 Å². The van der Waals surface area contributed by atoms with E-state index >= 15 is 0 Å². The van der Waals surface area contributed by atoms with Gasteiger partial charge in [-0.25, -0.2) is 14.8 Å². The minimum atomic E-state index is -0.454. The molecule has 0 saturated carbocycles. The molecule has 0 unspecified atom stereocenters. The fourth-order valence-corrected chi connectivity index (χ4v) is 4.95. The quantitative estimate of drug-likeness (QED) is 0.174. The van der Waals surface area contributed by atoms with E-state index in [-0.39, 0.29) is 5.15 Å². The molecule has 2 aromatic carbocycles. The Hall–Kier alpha value is -5.23. The number of hydrogen-bond acceptors (Lipinski definition) is 9. The summed E-state index contributed by atoms with van der Waals surface area (Å²) in [6.07, 6.45) is 4.90. The monoisotopic (exact) mass is 617 g/mol. The molecular formula is C31H32ClN7O5. The Bertz CT molecular complexity index is 1740. The van der Waals surface area contributed by atoms with Crippen LogP contribution in [0.1, 0.15) is 11.1 Å². The normalized spacial score (nSPS) is 10.8. The number of amides is 2. The van der Waals surface area contributed by atoms with Gasteiger partial charge >= 0.3 is 6.03 Å². The third kappa shape index (κ3) is 6.87. The highest BCUT2D eigenvalue weighted by Gasteiger charge is 2.20. The van der Waals surface area contributed by atoms with Crippen LogP contribution in [0.15, 0.2) is 67.1 Å². The van der Waals surface area contributed by atoms with E-state index in [0.717, 1.165) is 21.9 Å². The molecule has 44 heavy (non-hydrogen) atoms. The van der Waals surface area contributed by atoms with E-state index in [1.54, 1.807) is 70.9 Å². The van der Waals surface area contributed by atoms with E-state index in [2.05, 4.69) is 25.6 Å². The average Bonchev–Trinajstić information content (AvgIpc) is 3.44. The number of anilines is 3. The third-order valence-electron chi connectivity index (χ3n) is 6.88. The minimum Gasteiger partial charge on any atom is -0.497 e. The molecule has 0 bridgehead atoms. The molecule has 2 amide bonds. The van der Waals surface area contributed by atoms with Crippen molar-refractivity contribution in [2.45, 2.75) is 13.1 Å². The zero-order valence-corrected chi connectivity index (χ0v) is 25.7. The smallest absolute Gasteiger partial charge is 0.324 e. The highest BCUT2D eigenvalue weighted by Crippen LogP contribution is 2.35. The number of urea groups is 1. The van der Waals surface area contributed by atoms with Crippen LogP contribution < -0.4 is 34.5 Å². The molecule has 228 valence electrons. The van der Waals surface area contributed by atoms with Gasteiger partial charge in [0.2, 0.25) is 0 Å². The second-order valence-electron chi connectivity index (χ2n) is 9.75. The molecule has 12 nitrogen and oxygen atoms in total. The predicted molar refractivity (Wildman–Crippen MR) is 169 cm³/mol. The van der Waals surface area contributed by atoms with E-state index in [4.69, 9.17) is 35.5 Å². The summed E-state index contributed by atoms with van der Waals surface area (Å²) < 4.78 is 23.8. The van der Waals surface area contributed by atoms with E-state index in [0.29, 0.717) is 53.4 Å². The fraction of sp³-hybridized carbons (Fsp3) is 0.226. The van der Waals surface area contributed by atoms with Crippen LogP contribution in [0.2, 0.25) is 5.15 Å². The van der Waals surface area contributed by atoms with Crippen molar-refractivity contribution >= 4 is 45.7 Å². The number of pyridine rings is 2. The number of carbonyl (C=O) groups is 1. The Morgan fingerprint density at radius 1 is 0.864 bits per heavy atom. The summed E-state index contributed by atoms with van der Waals surface area (Å²) >= 11 is 6.59. The molecular weight excluding hydrogens is 586 g/mol. The fourth-order valence-electron chi connectivity index (χ4n) is 4.75. The molecule has 2 N–H and O–H groups in total. The van der Waals surface area contributed by atoms with E-state index in [1.165, 1.54) is 0 Å². The van der Waals surface area contributed by atoms with Gasteiger partial charge in [0.05, 0.1) is 40.3 Å². The summed E-state index contributed by atoms with van der Waals surface area (Å²) in [6.45, 7) is 0.802. The summed E-state index contributed by atoms with van der Waals surface area (Å²) in [5, 5.41) is 11.3. The Kier molecular flexibility index (Phi) is 9.20. The molecule has 5 aromatic rings. The van der Waals surface area contributed by atoms with Gasteiger partial charge in [0.1, 0.15) is 39.8 Å². The van der Waals surface area contributed by atoms with E-state index < -0.39 is 6.03 Å². The molecule has 13 heteroatoms. The van der Waals surface area contributed by atoms with Crippen molar-refractivity contribution in [3.05, 3.63) is 83.4 Å². The van der Waals surface area contributed by atoms with Gasteiger partial charge in [0.15, 0.2) is 0 Å². The summed E-state index contributed by atoms with van der Waals surface area (Å²) in [6, 6.07) is 14.3. The first-order valence-corrected chi connectivity index (χ1v) is 13.9. The topological polar surface area (TPSA) is 125 Å². The lowest BCUT2D eigenvalue weighted by molar-refractivity contribution is 0.262. The summed E-state index contributed by atoms with van der Waals surface area (Å²) in [7, 11) is 8.22. The number of ether oxygens (including phenoxy) is 4. The number of aromatic nitrogens is 4. The molecule has 0 saturated heterocycles. The van der Waals surface area contributed by atoms with Crippen LogP contribution in [-0.2, 0) is 20.1 Å². The summed E-state index contributed by atoms with van der Waals surface area (Å²) in [4.78, 5) is 23.9. The third-order valence-corrected chi connectivity index (χ3v) is 7.07. The number of hydrogen-bond donors (Lipinski definition) is 2. The van der Waals surface area contributed by atoms with Crippen LogP contribution in [0, 0.1) is 0 Å². The first-order valence-electron chi connectivity index (χ1n) is 13.5. The Morgan fingerprint density at radius 3 is 2.05 bits per heavy atom. The summed E-state index contributed by atoms with van der Waals surface area (Å²) in [5.74, 6) is 3.60. The lowest BCUT2D eigenvalue weighted by Crippen LogP contribution is -2.24. The molecule has 0 aliphatic heterocycles. The molecule has 0 fully saturated rings. The van der Waals surface area contributed by atoms with Crippen molar-refractivity contribution < 1.29 is 23.7 Å². The van der Waals surface area contributed by atoms with Crippen molar-refractivity contribution in [3.63, 3.8) is 0 Å². The van der Waals surface area contributed by atoms with Crippen molar-refractivity contribution in [2.24, 2.45) is 7.05 Å². The largest absolute Gasteiger partial charge is 0.497 e. The second kappa shape index (κ2) is 13.4. The summed E-state index contributed by atoms with van der Waals surface area (Å²) in [5.41, 5.74) is 2.35. The van der Waals surface area contributed by atoms with Crippen LogP contribution >= 0.6 is 11.6 Å². The molecule has 0 atom stereocenters. The highest BCUT2D eigenvalue weighted by atomic mass is 35.5. The molecule has 3 aromatic heterocycles. The lowest BCUT2D eigenvalue weighted by atomic mass is 10.1. The van der Waals surface area contributed by atoms with Crippen molar-refractivity contribution in [2.75, 3.05) is 44.0 Å². The number of methoxy groups -OCH3 is 4. The average molecular weight is 618 g/mol. The highest BCUT2D eigenvalue weighted by molar-refractivity contribution is 6.30. The zero-order chi connectivity index (χ0) is 31.2. The van der Waals surface area contributed by atoms with Gasteiger partial charge in [0, 0.05) is 61.2 Å². The number of nitrogens with zero attached hydrogens (tertiary/aromatic N) is 5. The Labute approximate surface area is 259 Å². The number of carbonyl (C=O) groups excluding carboxylic acids is 1. The number of benzene rings is 2. The molecule has 0 spiro atoms. The van der Waals surface area contributed by atoms with Gasteiger partial charge in [-0.3, -0.25) is 10.00 Å². The number of nitrogens with one attached hydrogen (secondary N) is 2. The number of aryl methyl sites for hydroxylation is 1.